The Bertz CT molecular complexity index is 472. The molecule has 3 heteroatoms. The highest BCUT2D eigenvalue weighted by Gasteiger charge is 2.52. The van der Waals surface area contributed by atoms with E-state index in [1.807, 2.05) is 11.3 Å². The van der Waals surface area contributed by atoms with Crippen molar-refractivity contribution in [3.63, 3.8) is 0 Å². The Balaban J connectivity index is 1.41. The first-order valence-corrected chi connectivity index (χ1v) is 9.65. The minimum absolute atomic E-state index is 0.611. The van der Waals surface area contributed by atoms with Gasteiger partial charge in [-0.3, -0.25) is 0 Å². The fourth-order valence-electron chi connectivity index (χ4n) is 5.76. The lowest BCUT2D eigenvalue weighted by atomic mass is 9.48. The number of hydrogen-bond donors (Lipinski definition) is 1. The third-order valence-electron chi connectivity index (χ3n) is 6.51. The standard InChI is InChI=1S/C18H28N2S/c1-3-16-10-20-17(21-16)11-19-12(2)18-7-13-4-14(8-18)6-15(5-13)9-18/h10,12-15,19H,3-9,11H2,1-2H3. The summed E-state index contributed by atoms with van der Waals surface area (Å²) in [4.78, 5) is 5.97. The first kappa shape index (κ1) is 14.2. The summed E-state index contributed by atoms with van der Waals surface area (Å²) in [5.74, 6) is 3.14. The van der Waals surface area contributed by atoms with Crippen molar-refractivity contribution in [2.24, 2.45) is 23.2 Å². The molecule has 4 aliphatic rings. The molecule has 0 radical (unpaired) electrons. The summed E-state index contributed by atoms with van der Waals surface area (Å²) in [6.45, 7) is 5.62. The molecule has 1 aromatic heterocycles. The van der Waals surface area contributed by atoms with E-state index >= 15 is 0 Å². The van der Waals surface area contributed by atoms with E-state index in [0.717, 1.165) is 30.7 Å². The van der Waals surface area contributed by atoms with Gasteiger partial charge >= 0.3 is 0 Å². The van der Waals surface area contributed by atoms with Crippen LogP contribution in [-0.2, 0) is 13.0 Å². The molecule has 1 aromatic rings. The Morgan fingerprint density at radius 3 is 2.38 bits per heavy atom. The van der Waals surface area contributed by atoms with E-state index in [0.29, 0.717) is 11.5 Å². The highest BCUT2D eigenvalue weighted by molar-refractivity contribution is 7.11. The van der Waals surface area contributed by atoms with Crippen molar-refractivity contribution in [2.45, 2.75) is 71.4 Å². The van der Waals surface area contributed by atoms with Crippen LogP contribution >= 0.6 is 11.3 Å². The van der Waals surface area contributed by atoms with E-state index in [1.165, 1.54) is 48.4 Å². The van der Waals surface area contributed by atoms with Crippen molar-refractivity contribution < 1.29 is 0 Å². The second-order valence-corrected chi connectivity index (χ2v) is 9.16. The van der Waals surface area contributed by atoms with Gasteiger partial charge in [-0.1, -0.05) is 6.92 Å². The third-order valence-corrected chi connectivity index (χ3v) is 7.66. The van der Waals surface area contributed by atoms with E-state index < -0.39 is 0 Å². The maximum atomic E-state index is 4.56. The van der Waals surface area contributed by atoms with Gasteiger partial charge in [0.25, 0.3) is 0 Å². The predicted molar refractivity (Wildman–Crippen MR) is 88.4 cm³/mol. The zero-order chi connectivity index (χ0) is 14.4. The molecule has 2 nitrogen and oxygen atoms in total. The van der Waals surface area contributed by atoms with Gasteiger partial charge < -0.3 is 5.32 Å². The second-order valence-electron chi connectivity index (χ2n) is 7.96. The molecule has 0 aromatic carbocycles. The largest absolute Gasteiger partial charge is 0.307 e. The summed E-state index contributed by atoms with van der Waals surface area (Å²) in [6, 6.07) is 0.653. The summed E-state index contributed by atoms with van der Waals surface area (Å²) in [7, 11) is 0. The number of rotatable bonds is 5. The van der Waals surface area contributed by atoms with Crippen molar-refractivity contribution >= 4 is 11.3 Å². The van der Waals surface area contributed by atoms with Crippen molar-refractivity contribution in [1.82, 2.24) is 10.3 Å². The molecule has 116 valence electrons. The van der Waals surface area contributed by atoms with Gasteiger partial charge in [-0.2, -0.15) is 0 Å². The third kappa shape index (κ3) is 2.57. The highest BCUT2D eigenvalue weighted by atomic mass is 32.1. The topological polar surface area (TPSA) is 24.9 Å². The Morgan fingerprint density at radius 2 is 1.86 bits per heavy atom. The van der Waals surface area contributed by atoms with Crippen LogP contribution in [0.2, 0.25) is 0 Å². The summed E-state index contributed by atoms with van der Waals surface area (Å²) in [5, 5.41) is 5.11. The lowest BCUT2D eigenvalue weighted by Crippen LogP contribution is -2.54. The fraction of sp³-hybridized carbons (Fsp3) is 0.833. The van der Waals surface area contributed by atoms with Crippen LogP contribution in [0.25, 0.3) is 0 Å². The van der Waals surface area contributed by atoms with E-state index in [1.54, 1.807) is 0 Å². The monoisotopic (exact) mass is 304 g/mol. The Labute approximate surface area is 132 Å². The molecule has 4 saturated carbocycles. The predicted octanol–water partition coefficient (Wildman–Crippen LogP) is 4.40. The van der Waals surface area contributed by atoms with E-state index in [-0.39, 0.29) is 0 Å². The van der Waals surface area contributed by atoms with Gasteiger partial charge in [0.05, 0.1) is 0 Å². The molecule has 0 spiro atoms. The summed E-state index contributed by atoms with van der Waals surface area (Å²) in [6.07, 6.45) is 12.3. The van der Waals surface area contributed by atoms with Crippen LogP contribution in [0.3, 0.4) is 0 Å². The summed E-state index contributed by atoms with van der Waals surface area (Å²) in [5.41, 5.74) is 0.611. The number of hydrogen-bond acceptors (Lipinski definition) is 3. The zero-order valence-corrected chi connectivity index (χ0v) is 14.2. The summed E-state index contributed by atoms with van der Waals surface area (Å²) < 4.78 is 0. The van der Waals surface area contributed by atoms with Crippen LogP contribution in [0.4, 0.5) is 0 Å². The maximum Gasteiger partial charge on any atom is 0.107 e. The number of thiazole rings is 1. The molecule has 1 N–H and O–H groups in total. The smallest absolute Gasteiger partial charge is 0.107 e. The number of nitrogens with one attached hydrogen (secondary N) is 1. The number of aromatic nitrogens is 1. The van der Waals surface area contributed by atoms with Crippen molar-refractivity contribution in [1.29, 1.82) is 0 Å². The van der Waals surface area contributed by atoms with Gasteiger partial charge in [0.15, 0.2) is 0 Å². The zero-order valence-electron chi connectivity index (χ0n) is 13.4. The van der Waals surface area contributed by atoms with Gasteiger partial charge in [-0.25, -0.2) is 4.98 Å². The average molecular weight is 305 g/mol. The molecule has 4 aliphatic carbocycles. The highest BCUT2D eigenvalue weighted by Crippen LogP contribution is 2.61. The van der Waals surface area contributed by atoms with Gasteiger partial charge in [0, 0.05) is 23.7 Å². The molecule has 1 heterocycles. The Hall–Kier alpha value is -0.410. The molecule has 4 bridgehead atoms. The molecule has 21 heavy (non-hydrogen) atoms. The first-order valence-electron chi connectivity index (χ1n) is 8.84. The van der Waals surface area contributed by atoms with E-state index in [9.17, 15) is 0 Å². The van der Waals surface area contributed by atoms with Crippen LogP contribution in [-0.4, -0.2) is 11.0 Å². The minimum Gasteiger partial charge on any atom is -0.307 e. The normalized spacial score (nSPS) is 38.9. The van der Waals surface area contributed by atoms with Gasteiger partial charge in [-0.15, -0.1) is 11.3 Å². The van der Waals surface area contributed by atoms with Crippen LogP contribution in [0.1, 0.15) is 62.3 Å². The van der Waals surface area contributed by atoms with Crippen molar-refractivity contribution in [2.75, 3.05) is 0 Å². The Kier molecular flexibility index (Phi) is 3.61. The number of nitrogens with zero attached hydrogens (tertiary/aromatic N) is 1. The van der Waals surface area contributed by atoms with Crippen LogP contribution in [0, 0.1) is 23.2 Å². The van der Waals surface area contributed by atoms with Gasteiger partial charge in [0.1, 0.15) is 5.01 Å². The summed E-state index contributed by atoms with van der Waals surface area (Å²) >= 11 is 1.88. The SMILES string of the molecule is CCc1cnc(CNC(C)C23CC4CC(CC(C4)C2)C3)s1. The second kappa shape index (κ2) is 5.34. The first-order chi connectivity index (χ1) is 10.2. The quantitative estimate of drug-likeness (QED) is 0.872. The molecular weight excluding hydrogens is 276 g/mol. The molecule has 4 fully saturated rings. The van der Waals surface area contributed by atoms with Gasteiger partial charge in [-0.05, 0) is 75.0 Å². The van der Waals surface area contributed by atoms with E-state index in [4.69, 9.17) is 0 Å². The maximum absolute atomic E-state index is 4.56. The van der Waals surface area contributed by atoms with Crippen LogP contribution < -0.4 is 5.32 Å². The van der Waals surface area contributed by atoms with Gasteiger partial charge in [0.2, 0.25) is 0 Å². The lowest BCUT2D eigenvalue weighted by molar-refractivity contribution is -0.0706. The van der Waals surface area contributed by atoms with Crippen molar-refractivity contribution in [3.05, 3.63) is 16.1 Å². The molecule has 1 atom stereocenters. The Morgan fingerprint density at radius 1 is 1.24 bits per heavy atom. The average Bonchev–Trinajstić information content (AvgIpc) is 2.91. The number of aryl methyl sites for hydroxylation is 1. The molecule has 0 amide bonds. The molecule has 0 aliphatic heterocycles. The lowest BCUT2D eigenvalue weighted by Gasteiger charge is -2.59. The molecule has 1 unspecified atom stereocenters. The van der Waals surface area contributed by atoms with Crippen molar-refractivity contribution in [3.8, 4) is 0 Å². The van der Waals surface area contributed by atoms with E-state index in [2.05, 4.69) is 30.3 Å². The molecular formula is C18H28N2S. The van der Waals surface area contributed by atoms with Crippen LogP contribution in [0.15, 0.2) is 6.20 Å². The minimum atomic E-state index is 0.611. The molecule has 5 rings (SSSR count). The molecule has 0 saturated heterocycles. The van der Waals surface area contributed by atoms with Crippen LogP contribution in [0.5, 0.6) is 0 Å². The fourth-order valence-corrected chi connectivity index (χ4v) is 6.57.